The summed E-state index contributed by atoms with van der Waals surface area (Å²) in [6, 6.07) is 14.7. The predicted octanol–water partition coefficient (Wildman–Crippen LogP) is 4.25. The second kappa shape index (κ2) is 11.0. The molecule has 28 heavy (non-hydrogen) atoms. The highest BCUT2D eigenvalue weighted by Gasteiger charge is 2.06. The maximum atomic E-state index is 13.3. The number of nitrogens with one attached hydrogen (secondary N) is 2. The molecular formula is C21H27FIN5. The van der Waals surface area contributed by atoms with Crippen molar-refractivity contribution < 1.29 is 4.39 Å². The Labute approximate surface area is 182 Å². The van der Waals surface area contributed by atoms with Gasteiger partial charge in [-0.25, -0.2) is 14.4 Å². The average molecular weight is 495 g/mol. The molecule has 0 aliphatic rings. The number of hydrogen-bond acceptors (Lipinski definition) is 2. The first-order valence-electron chi connectivity index (χ1n) is 9.36. The fourth-order valence-electron chi connectivity index (χ4n) is 3.07. The van der Waals surface area contributed by atoms with Gasteiger partial charge in [-0.05, 0) is 50.1 Å². The van der Waals surface area contributed by atoms with Crippen molar-refractivity contribution in [1.29, 1.82) is 0 Å². The number of aryl methyl sites for hydroxylation is 2. The zero-order chi connectivity index (χ0) is 19.1. The SMILES string of the molecule is CCNC(=NCc1cccc(F)c1)NCCCn1c(C)nc2ccccc21.I. The molecule has 1 heterocycles. The standard InChI is InChI=1S/C21H26FN5.HI/c1-3-23-21(25-15-17-8-6-9-18(22)14-17)24-12-7-13-27-16(2)26-19-10-4-5-11-20(19)27;/h4-6,8-11,14H,3,7,12-13,15H2,1-2H3,(H2,23,24,25);1H. The number of imidazole rings is 1. The normalized spacial score (nSPS) is 11.3. The number of halogens is 2. The lowest BCUT2D eigenvalue weighted by Gasteiger charge is -2.12. The van der Waals surface area contributed by atoms with Crippen LogP contribution < -0.4 is 10.6 Å². The summed E-state index contributed by atoms with van der Waals surface area (Å²) < 4.78 is 15.5. The Kier molecular flexibility index (Phi) is 8.69. The number of aliphatic imine (C=N–C) groups is 1. The minimum Gasteiger partial charge on any atom is -0.357 e. The van der Waals surface area contributed by atoms with Crippen molar-refractivity contribution in [2.75, 3.05) is 13.1 Å². The molecule has 2 N–H and O–H groups in total. The molecule has 3 rings (SSSR count). The molecule has 0 aliphatic heterocycles. The molecule has 0 saturated carbocycles. The number of benzene rings is 2. The molecular weight excluding hydrogens is 468 g/mol. The highest BCUT2D eigenvalue weighted by molar-refractivity contribution is 14.0. The molecule has 0 bridgehead atoms. The molecule has 0 unspecified atom stereocenters. The van der Waals surface area contributed by atoms with Crippen LogP contribution in [0.3, 0.4) is 0 Å². The van der Waals surface area contributed by atoms with E-state index in [0.29, 0.717) is 6.54 Å². The lowest BCUT2D eigenvalue weighted by molar-refractivity contribution is 0.622. The van der Waals surface area contributed by atoms with Gasteiger partial charge in [-0.3, -0.25) is 0 Å². The lowest BCUT2D eigenvalue weighted by Crippen LogP contribution is -2.38. The van der Waals surface area contributed by atoms with Crippen LogP contribution in [0, 0.1) is 12.7 Å². The first kappa shape index (κ1) is 22.1. The van der Waals surface area contributed by atoms with Crippen LogP contribution in [0.1, 0.15) is 24.7 Å². The summed E-state index contributed by atoms with van der Waals surface area (Å²) in [5, 5.41) is 6.58. The van der Waals surface area contributed by atoms with E-state index in [0.717, 1.165) is 48.9 Å². The van der Waals surface area contributed by atoms with Gasteiger partial charge in [-0.15, -0.1) is 24.0 Å². The van der Waals surface area contributed by atoms with E-state index in [1.165, 1.54) is 17.6 Å². The third-order valence-electron chi connectivity index (χ3n) is 4.35. The van der Waals surface area contributed by atoms with Crippen LogP contribution in [0.2, 0.25) is 0 Å². The first-order chi connectivity index (χ1) is 13.2. The van der Waals surface area contributed by atoms with Crippen molar-refractivity contribution in [3.63, 3.8) is 0 Å². The highest BCUT2D eigenvalue weighted by atomic mass is 127. The largest absolute Gasteiger partial charge is 0.357 e. The van der Waals surface area contributed by atoms with Gasteiger partial charge in [0.05, 0.1) is 17.6 Å². The number of nitrogens with zero attached hydrogens (tertiary/aromatic N) is 3. The molecule has 0 atom stereocenters. The van der Waals surface area contributed by atoms with Gasteiger partial charge in [0, 0.05) is 19.6 Å². The molecule has 150 valence electrons. The Bertz CT molecular complexity index is 922. The van der Waals surface area contributed by atoms with Crippen molar-refractivity contribution in [1.82, 2.24) is 20.2 Å². The molecule has 0 radical (unpaired) electrons. The van der Waals surface area contributed by atoms with Crippen LogP contribution in [0.15, 0.2) is 53.5 Å². The molecule has 5 nitrogen and oxygen atoms in total. The highest BCUT2D eigenvalue weighted by Crippen LogP contribution is 2.15. The summed E-state index contributed by atoms with van der Waals surface area (Å²) in [5.41, 5.74) is 3.06. The second-order valence-corrected chi connectivity index (χ2v) is 6.40. The van der Waals surface area contributed by atoms with Gasteiger partial charge in [0.1, 0.15) is 11.6 Å². The topological polar surface area (TPSA) is 54.2 Å². The number of guanidine groups is 1. The van der Waals surface area contributed by atoms with E-state index in [1.54, 1.807) is 6.07 Å². The van der Waals surface area contributed by atoms with Crippen LogP contribution in [-0.4, -0.2) is 28.6 Å². The van der Waals surface area contributed by atoms with E-state index in [4.69, 9.17) is 0 Å². The number of rotatable bonds is 7. The predicted molar refractivity (Wildman–Crippen MR) is 124 cm³/mol. The van der Waals surface area contributed by atoms with Crippen LogP contribution in [-0.2, 0) is 13.1 Å². The van der Waals surface area contributed by atoms with Crippen molar-refractivity contribution >= 4 is 41.0 Å². The number of fused-ring (bicyclic) bond motifs is 1. The summed E-state index contributed by atoms with van der Waals surface area (Å²) in [4.78, 5) is 9.14. The third kappa shape index (κ3) is 5.92. The number of hydrogen-bond donors (Lipinski definition) is 2. The Morgan fingerprint density at radius 3 is 2.75 bits per heavy atom. The molecule has 7 heteroatoms. The van der Waals surface area contributed by atoms with Crippen molar-refractivity contribution in [2.24, 2.45) is 4.99 Å². The summed E-state index contributed by atoms with van der Waals surface area (Å²) in [6.45, 7) is 6.97. The molecule has 3 aromatic rings. The summed E-state index contributed by atoms with van der Waals surface area (Å²) in [5.74, 6) is 1.54. The maximum absolute atomic E-state index is 13.3. The summed E-state index contributed by atoms with van der Waals surface area (Å²) in [6.07, 6.45) is 0.950. The van der Waals surface area contributed by atoms with Gasteiger partial charge in [0.15, 0.2) is 5.96 Å². The van der Waals surface area contributed by atoms with Crippen molar-refractivity contribution in [3.8, 4) is 0 Å². The zero-order valence-electron chi connectivity index (χ0n) is 16.3. The van der Waals surface area contributed by atoms with E-state index < -0.39 is 0 Å². The van der Waals surface area contributed by atoms with Crippen LogP contribution >= 0.6 is 24.0 Å². The zero-order valence-corrected chi connectivity index (χ0v) is 18.6. The number of aromatic nitrogens is 2. The molecule has 2 aromatic carbocycles. The third-order valence-corrected chi connectivity index (χ3v) is 4.35. The van der Waals surface area contributed by atoms with Crippen molar-refractivity contribution in [2.45, 2.75) is 33.4 Å². The fourth-order valence-corrected chi connectivity index (χ4v) is 3.07. The van der Waals surface area contributed by atoms with Gasteiger partial charge in [0.25, 0.3) is 0 Å². The molecule has 0 spiro atoms. The quantitative estimate of drug-likeness (QED) is 0.223. The molecule has 1 aromatic heterocycles. The Hall–Kier alpha value is -2.16. The lowest BCUT2D eigenvalue weighted by atomic mass is 10.2. The minimum atomic E-state index is -0.233. The van der Waals surface area contributed by atoms with Gasteiger partial charge >= 0.3 is 0 Å². The fraction of sp³-hybridized carbons (Fsp3) is 0.333. The van der Waals surface area contributed by atoms with E-state index in [-0.39, 0.29) is 29.8 Å². The van der Waals surface area contributed by atoms with Gasteiger partial charge in [-0.2, -0.15) is 0 Å². The first-order valence-corrected chi connectivity index (χ1v) is 9.36. The van der Waals surface area contributed by atoms with Crippen LogP contribution in [0.5, 0.6) is 0 Å². The van der Waals surface area contributed by atoms with E-state index in [2.05, 4.69) is 31.2 Å². The Morgan fingerprint density at radius 2 is 1.96 bits per heavy atom. The average Bonchev–Trinajstić information content (AvgIpc) is 2.98. The van der Waals surface area contributed by atoms with Crippen LogP contribution in [0.25, 0.3) is 11.0 Å². The van der Waals surface area contributed by atoms with Gasteiger partial charge in [-0.1, -0.05) is 24.3 Å². The monoisotopic (exact) mass is 495 g/mol. The summed E-state index contributed by atoms with van der Waals surface area (Å²) >= 11 is 0. The maximum Gasteiger partial charge on any atom is 0.191 e. The van der Waals surface area contributed by atoms with Crippen molar-refractivity contribution in [3.05, 3.63) is 65.7 Å². The molecule has 0 fully saturated rings. The molecule has 0 amide bonds. The Balaban J connectivity index is 0.00000280. The van der Waals surface area contributed by atoms with E-state index >= 15 is 0 Å². The smallest absolute Gasteiger partial charge is 0.191 e. The number of para-hydroxylation sites is 2. The minimum absolute atomic E-state index is 0. The van der Waals surface area contributed by atoms with Crippen LogP contribution in [0.4, 0.5) is 4.39 Å². The van der Waals surface area contributed by atoms with Gasteiger partial charge < -0.3 is 15.2 Å². The summed E-state index contributed by atoms with van der Waals surface area (Å²) in [7, 11) is 0. The second-order valence-electron chi connectivity index (χ2n) is 6.40. The van der Waals surface area contributed by atoms with Gasteiger partial charge in [0.2, 0.25) is 0 Å². The molecule has 0 aliphatic carbocycles. The Morgan fingerprint density at radius 1 is 1.14 bits per heavy atom. The molecule has 0 saturated heterocycles. The van der Waals surface area contributed by atoms with E-state index in [1.807, 2.05) is 38.1 Å². The van der Waals surface area contributed by atoms with E-state index in [9.17, 15) is 4.39 Å².